The third-order valence-electron chi connectivity index (χ3n) is 1.79. The Bertz CT molecular complexity index is 412. The van der Waals surface area contributed by atoms with Crippen LogP contribution in [0.25, 0.3) is 0 Å². The van der Waals surface area contributed by atoms with Crippen LogP contribution in [0.4, 0.5) is 0 Å². The third kappa shape index (κ3) is 2.23. The van der Waals surface area contributed by atoms with Gasteiger partial charge in [-0.15, -0.1) is 0 Å². The van der Waals surface area contributed by atoms with E-state index in [2.05, 4.69) is 10.3 Å². The Labute approximate surface area is 80.2 Å². The molecule has 6 nitrogen and oxygen atoms in total. The number of hydrogen-bond acceptors (Lipinski definition) is 3. The van der Waals surface area contributed by atoms with Crippen LogP contribution < -0.4 is 11.0 Å². The molecular weight excluding hydrogens is 184 g/mol. The smallest absolute Gasteiger partial charge is 0.325 e. The van der Waals surface area contributed by atoms with Crippen LogP contribution in [-0.2, 0) is 18.3 Å². The van der Waals surface area contributed by atoms with Gasteiger partial charge in [-0.1, -0.05) is 0 Å². The second-order valence-corrected chi connectivity index (χ2v) is 2.87. The number of hydrogen-bond donors (Lipinski definition) is 2. The zero-order valence-corrected chi connectivity index (χ0v) is 7.65. The molecule has 6 heteroatoms. The molecular formula is C8H10N4O2. The summed E-state index contributed by atoms with van der Waals surface area (Å²) in [7, 11) is 1.61. The van der Waals surface area contributed by atoms with Gasteiger partial charge in [-0.25, -0.2) is 4.79 Å². The highest BCUT2D eigenvalue weighted by Gasteiger charge is 2.08. The maximum absolute atomic E-state index is 11.0. The van der Waals surface area contributed by atoms with Gasteiger partial charge >= 0.3 is 5.69 Å². The molecule has 0 aliphatic heterocycles. The van der Waals surface area contributed by atoms with Crippen molar-refractivity contribution in [2.75, 3.05) is 0 Å². The number of rotatable bonds is 4. The zero-order chi connectivity index (χ0) is 10.6. The van der Waals surface area contributed by atoms with E-state index >= 15 is 0 Å². The number of nitrogens with zero attached hydrogens (tertiary/aromatic N) is 2. The number of aromatic nitrogens is 2. The maximum Gasteiger partial charge on any atom is 0.325 e. The largest absolute Gasteiger partial charge is 0.343 e. The van der Waals surface area contributed by atoms with Crippen molar-refractivity contribution in [3.05, 3.63) is 22.4 Å². The summed E-state index contributed by atoms with van der Waals surface area (Å²) in [5.74, 6) is 0. The first kappa shape index (κ1) is 10.1. The predicted molar refractivity (Wildman–Crippen MR) is 48.3 cm³/mol. The van der Waals surface area contributed by atoms with Gasteiger partial charge < -0.3 is 14.9 Å². The lowest BCUT2D eigenvalue weighted by atomic mass is 10.2. The summed E-state index contributed by atoms with van der Waals surface area (Å²) in [6.45, 7) is 0. The van der Waals surface area contributed by atoms with Crippen molar-refractivity contribution >= 4 is 6.41 Å². The molecule has 14 heavy (non-hydrogen) atoms. The quantitative estimate of drug-likeness (QED) is 0.596. The second kappa shape index (κ2) is 4.28. The molecule has 0 radical (unpaired) electrons. The number of imidazole rings is 1. The summed E-state index contributed by atoms with van der Waals surface area (Å²) in [6.07, 6.45) is 2.36. The molecule has 1 atom stereocenters. The normalized spacial score (nSPS) is 11.7. The first-order chi connectivity index (χ1) is 6.67. The van der Waals surface area contributed by atoms with Gasteiger partial charge in [-0.2, -0.15) is 5.26 Å². The molecule has 1 aromatic rings. The number of nitriles is 1. The molecule has 0 spiro atoms. The average molecular weight is 194 g/mol. The third-order valence-corrected chi connectivity index (χ3v) is 1.79. The van der Waals surface area contributed by atoms with Crippen molar-refractivity contribution in [3.8, 4) is 6.07 Å². The number of carbonyl (C=O) groups excluding carboxylic acids is 1. The number of amides is 1. The Morgan fingerprint density at radius 2 is 2.57 bits per heavy atom. The molecule has 0 saturated carbocycles. The minimum atomic E-state index is -0.606. The van der Waals surface area contributed by atoms with Crippen molar-refractivity contribution < 1.29 is 4.79 Å². The van der Waals surface area contributed by atoms with Crippen molar-refractivity contribution in [1.29, 1.82) is 5.26 Å². The Morgan fingerprint density at radius 3 is 3.00 bits per heavy atom. The highest BCUT2D eigenvalue weighted by molar-refractivity contribution is 5.47. The average Bonchev–Trinajstić information content (AvgIpc) is 2.45. The van der Waals surface area contributed by atoms with Gasteiger partial charge in [0.15, 0.2) is 0 Å². The first-order valence-electron chi connectivity index (χ1n) is 4.01. The molecule has 2 N–H and O–H groups in total. The molecule has 0 bridgehead atoms. The van der Waals surface area contributed by atoms with Crippen molar-refractivity contribution in [2.24, 2.45) is 7.05 Å². The van der Waals surface area contributed by atoms with Crippen LogP contribution in [0.1, 0.15) is 5.69 Å². The van der Waals surface area contributed by atoms with Crippen LogP contribution >= 0.6 is 0 Å². The molecule has 1 rings (SSSR count). The summed E-state index contributed by atoms with van der Waals surface area (Å²) >= 11 is 0. The molecule has 1 amide bonds. The van der Waals surface area contributed by atoms with Crippen molar-refractivity contribution in [1.82, 2.24) is 14.9 Å². The lowest BCUT2D eigenvalue weighted by Gasteiger charge is -2.03. The molecule has 0 aliphatic carbocycles. The first-order valence-corrected chi connectivity index (χ1v) is 4.01. The summed E-state index contributed by atoms with van der Waals surface area (Å²) in [5, 5.41) is 11.0. The summed E-state index contributed by atoms with van der Waals surface area (Å²) in [5.41, 5.74) is 0.390. The lowest BCUT2D eigenvalue weighted by Crippen LogP contribution is -2.28. The maximum atomic E-state index is 11.0. The Balaban J connectivity index is 2.73. The highest BCUT2D eigenvalue weighted by atomic mass is 16.1. The highest BCUT2D eigenvalue weighted by Crippen LogP contribution is 1.95. The predicted octanol–water partition coefficient (Wildman–Crippen LogP) is -1.11. The van der Waals surface area contributed by atoms with Crippen LogP contribution in [0, 0.1) is 11.3 Å². The molecule has 0 aromatic carbocycles. The van der Waals surface area contributed by atoms with Crippen molar-refractivity contribution in [3.63, 3.8) is 0 Å². The van der Waals surface area contributed by atoms with Gasteiger partial charge in [0.1, 0.15) is 6.04 Å². The van der Waals surface area contributed by atoms with E-state index in [0.29, 0.717) is 18.5 Å². The molecule has 74 valence electrons. The van der Waals surface area contributed by atoms with E-state index in [1.54, 1.807) is 13.2 Å². The van der Waals surface area contributed by atoms with E-state index in [9.17, 15) is 9.59 Å². The van der Waals surface area contributed by atoms with Gasteiger partial charge in [0.2, 0.25) is 6.41 Å². The molecule has 0 fully saturated rings. The van der Waals surface area contributed by atoms with E-state index in [1.807, 2.05) is 6.07 Å². The molecule has 0 aliphatic rings. The van der Waals surface area contributed by atoms with Crippen LogP contribution in [0.2, 0.25) is 0 Å². The number of carbonyl (C=O) groups is 1. The van der Waals surface area contributed by atoms with E-state index in [0.717, 1.165) is 0 Å². The number of aryl methyl sites for hydroxylation is 1. The van der Waals surface area contributed by atoms with E-state index < -0.39 is 6.04 Å². The number of nitrogens with one attached hydrogen (secondary N) is 2. The van der Waals surface area contributed by atoms with Crippen molar-refractivity contribution in [2.45, 2.75) is 12.5 Å². The van der Waals surface area contributed by atoms with Gasteiger partial charge in [-0.05, 0) is 0 Å². The number of H-pyrrole nitrogens is 1. The van der Waals surface area contributed by atoms with Gasteiger partial charge in [0, 0.05) is 25.4 Å². The lowest BCUT2D eigenvalue weighted by molar-refractivity contribution is -0.109. The molecule has 0 saturated heterocycles. The molecule has 1 heterocycles. The van der Waals surface area contributed by atoms with E-state index in [-0.39, 0.29) is 5.69 Å². The SMILES string of the molecule is Cn1cc(CC(C#N)NC=O)[nH]c1=O. The fourth-order valence-corrected chi connectivity index (χ4v) is 1.10. The van der Waals surface area contributed by atoms with E-state index in [4.69, 9.17) is 5.26 Å². The fraction of sp³-hybridized carbons (Fsp3) is 0.375. The van der Waals surface area contributed by atoms with Crippen LogP contribution in [0.5, 0.6) is 0 Å². The molecule has 1 aromatic heterocycles. The minimum Gasteiger partial charge on any atom is -0.343 e. The van der Waals surface area contributed by atoms with Crippen LogP contribution in [0.15, 0.2) is 11.0 Å². The van der Waals surface area contributed by atoms with Gasteiger partial charge in [0.25, 0.3) is 0 Å². The molecule has 1 unspecified atom stereocenters. The Kier molecular flexibility index (Phi) is 3.07. The number of aromatic amines is 1. The van der Waals surface area contributed by atoms with Crippen LogP contribution in [0.3, 0.4) is 0 Å². The fourth-order valence-electron chi connectivity index (χ4n) is 1.10. The van der Waals surface area contributed by atoms with E-state index in [1.165, 1.54) is 4.57 Å². The summed E-state index contributed by atoms with van der Waals surface area (Å²) < 4.78 is 1.38. The Morgan fingerprint density at radius 1 is 1.86 bits per heavy atom. The topological polar surface area (TPSA) is 90.7 Å². The standard InChI is InChI=1S/C8H10N4O2/c1-12-4-7(11-8(12)14)2-6(3-9)10-5-13/h4-6H,2H2,1H3,(H,10,13)(H,11,14). The Hall–Kier alpha value is -2.03. The monoisotopic (exact) mass is 194 g/mol. The van der Waals surface area contributed by atoms with Gasteiger partial charge in [0.05, 0.1) is 6.07 Å². The van der Waals surface area contributed by atoms with Gasteiger partial charge in [-0.3, -0.25) is 4.79 Å². The zero-order valence-electron chi connectivity index (χ0n) is 7.65. The summed E-state index contributed by atoms with van der Waals surface area (Å²) in [4.78, 5) is 23.7. The minimum absolute atomic E-state index is 0.234. The van der Waals surface area contributed by atoms with Crippen LogP contribution in [-0.4, -0.2) is 22.0 Å². The summed E-state index contributed by atoms with van der Waals surface area (Å²) in [6, 6.07) is 1.30. The second-order valence-electron chi connectivity index (χ2n) is 2.87.